The van der Waals surface area contributed by atoms with Gasteiger partial charge in [0, 0.05) is 15.6 Å². The molecule has 0 aliphatic rings. The molecule has 0 fully saturated rings. The highest BCUT2D eigenvalue weighted by molar-refractivity contribution is 6.35. The zero-order valence-corrected chi connectivity index (χ0v) is 14.3. The molecule has 0 aliphatic heterocycles. The third kappa shape index (κ3) is 4.78. The lowest BCUT2D eigenvalue weighted by Crippen LogP contribution is -2.24. The Kier molecular flexibility index (Phi) is 6.28. The molecule has 0 heterocycles. The smallest absolute Gasteiger partial charge is 0.332 e. The maximum absolute atomic E-state index is 10.6. The van der Waals surface area contributed by atoms with E-state index in [4.69, 9.17) is 38.4 Å². The van der Waals surface area contributed by atoms with Gasteiger partial charge in [-0.1, -0.05) is 29.3 Å². The molecule has 2 aromatic carbocycles. The molecule has 0 unspecified atom stereocenters. The quantitative estimate of drug-likeness (QED) is 0.604. The van der Waals surface area contributed by atoms with Crippen LogP contribution in [-0.2, 0) is 6.61 Å². The zero-order valence-electron chi connectivity index (χ0n) is 12.8. The molecule has 0 saturated heterocycles. The monoisotopic (exact) mass is 367 g/mol. The molecule has 0 spiro atoms. The number of urea groups is 1. The van der Waals surface area contributed by atoms with Crippen LogP contribution in [0.5, 0.6) is 11.5 Å². The Balaban J connectivity index is 2.18. The van der Waals surface area contributed by atoms with E-state index >= 15 is 0 Å². The maximum Gasteiger partial charge on any atom is 0.332 e. The summed E-state index contributed by atoms with van der Waals surface area (Å²) in [4.78, 5) is 10.6. The van der Waals surface area contributed by atoms with Gasteiger partial charge in [0.15, 0.2) is 11.5 Å². The van der Waals surface area contributed by atoms with Gasteiger partial charge >= 0.3 is 6.03 Å². The second-order valence-electron chi connectivity index (χ2n) is 4.63. The number of halogens is 2. The Bertz CT molecular complexity index is 746. The van der Waals surface area contributed by atoms with Crippen molar-refractivity contribution in [3.8, 4) is 11.5 Å². The number of primary amides is 1. The molecule has 6 nitrogen and oxygen atoms in total. The number of ether oxygens (including phenoxy) is 2. The number of amides is 2. The third-order valence-electron chi connectivity index (χ3n) is 3.01. The Labute approximate surface area is 149 Å². The molecule has 3 N–H and O–H groups in total. The summed E-state index contributed by atoms with van der Waals surface area (Å²) in [6.45, 7) is 0.176. The van der Waals surface area contributed by atoms with Crippen molar-refractivity contribution in [1.82, 2.24) is 5.43 Å². The van der Waals surface area contributed by atoms with E-state index < -0.39 is 6.03 Å². The number of carbonyl (C=O) groups is 1. The van der Waals surface area contributed by atoms with E-state index in [0.29, 0.717) is 32.7 Å². The molecular formula is C16H15Cl2N3O3. The number of methoxy groups -OCH3 is 1. The number of carbonyl (C=O) groups excluding carboxylic acids is 1. The first-order valence-electron chi connectivity index (χ1n) is 6.83. The van der Waals surface area contributed by atoms with Gasteiger partial charge in [-0.3, -0.25) is 0 Å². The van der Waals surface area contributed by atoms with Gasteiger partial charge in [0.1, 0.15) is 6.61 Å². The molecule has 0 aliphatic carbocycles. The van der Waals surface area contributed by atoms with E-state index in [0.717, 1.165) is 0 Å². The van der Waals surface area contributed by atoms with E-state index in [1.54, 1.807) is 36.4 Å². The van der Waals surface area contributed by atoms with Crippen LogP contribution in [0, 0.1) is 0 Å². The van der Waals surface area contributed by atoms with Crippen LogP contribution in [0.15, 0.2) is 41.5 Å². The van der Waals surface area contributed by atoms with Crippen molar-refractivity contribution in [3.63, 3.8) is 0 Å². The number of hydrogen-bond donors (Lipinski definition) is 2. The van der Waals surface area contributed by atoms with Crippen molar-refractivity contribution in [1.29, 1.82) is 0 Å². The molecule has 2 amide bonds. The normalized spacial score (nSPS) is 10.6. The first-order chi connectivity index (χ1) is 11.5. The van der Waals surface area contributed by atoms with Crippen LogP contribution in [0.25, 0.3) is 0 Å². The number of benzene rings is 2. The molecule has 2 aromatic rings. The molecule has 0 radical (unpaired) electrons. The van der Waals surface area contributed by atoms with Gasteiger partial charge in [0.25, 0.3) is 0 Å². The molecule has 0 atom stereocenters. The summed E-state index contributed by atoms with van der Waals surface area (Å²) in [6, 6.07) is 9.66. The fraction of sp³-hybridized carbons (Fsp3) is 0.125. The van der Waals surface area contributed by atoms with Crippen LogP contribution in [0.3, 0.4) is 0 Å². The number of nitrogens with one attached hydrogen (secondary N) is 1. The van der Waals surface area contributed by atoms with Crippen LogP contribution in [-0.4, -0.2) is 19.4 Å². The minimum Gasteiger partial charge on any atom is -0.493 e. The number of hydrogen-bond acceptors (Lipinski definition) is 4. The zero-order chi connectivity index (χ0) is 17.5. The van der Waals surface area contributed by atoms with Gasteiger partial charge in [0.05, 0.1) is 13.3 Å². The van der Waals surface area contributed by atoms with E-state index in [-0.39, 0.29) is 6.61 Å². The summed E-state index contributed by atoms with van der Waals surface area (Å²) in [6.07, 6.45) is 1.43. The minimum absolute atomic E-state index is 0.176. The summed E-state index contributed by atoms with van der Waals surface area (Å²) >= 11 is 12.3. The number of hydrazone groups is 1. The summed E-state index contributed by atoms with van der Waals surface area (Å²) in [5.41, 5.74) is 8.42. The van der Waals surface area contributed by atoms with E-state index in [1.165, 1.54) is 13.3 Å². The first kappa shape index (κ1) is 17.9. The molecule has 2 rings (SSSR count). The van der Waals surface area contributed by atoms with E-state index in [9.17, 15) is 4.79 Å². The fourth-order valence-electron chi connectivity index (χ4n) is 1.88. The fourth-order valence-corrected chi connectivity index (χ4v) is 2.38. The lowest BCUT2D eigenvalue weighted by molar-refractivity contribution is 0.249. The average Bonchev–Trinajstić information content (AvgIpc) is 2.54. The van der Waals surface area contributed by atoms with E-state index in [2.05, 4.69) is 10.5 Å². The molecule has 126 valence electrons. The molecule has 8 heteroatoms. The largest absolute Gasteiger partial charge is 0.493 e. The predicted molar refractivity (Wildman–Crippen MR) is 94.1 cm³/mol. The Morgan fingerprint density at radius 2 is 1.96 bits per heavy atom. The molecule has 0 bridgehead atoms. The van der Waals surface area contributed by atoms with Crippen molar-refractivity contribution in [2.75, 3.05) is 7.11 Å². The molecule has 0 saturated carbocycles. The molecular weight excluding hydrogens is 353 g/mol. The average molecular weight is 368 g/mol. The summed E-state index contributed by atoms with van der Waals surface area (Å²) < 4.78 is 11.0. The predicted octanol–water partition coefficient (Wildman–Crippen LogP) is 3.58. The summed E-state index contributed by atoms with van der Waals surface area (Å²) in [5, 5.41) is 4.73. The number of nitrogens with zero attached hydrogens (tertiary/aromatic N) is 1. The standard InChI is InChI=1S/C16H15Cl2N3O3/c1-23-14-6-5-10(8-20-21-16(19)22)7-15(14)24-9-11-12(17)3-2-4-13(11)18/h2-8H,9H2,1H3,(H3,19,21,22). The molecule has 0 aromatic heterocycles. The topological polar surface area (TPSA) is 85.9 Å². The lowest BCUT2D eigenvalue weighted by Gasteiger charge is -2.13. The van der Waals surface area contributed by atoms with Gasteiger partial charge in [-0.25, -0.2) is 10.2 Å². The highest BCUT2D eigenvalue weighted by Gasteiger charge is 2.10. The lowest BCUT2D eigenvalue weighted by atomic mass is 10.2. The van der Waals surface area contributed by atoms with Crippen molar-refractivity contribution >= 4 is 35.4 Å². The van der Waals surface area contributed by atoms with Crippen molar-refractivity contribution in [2.45, 2.75) is 6.61 Å². The minimum atomic E-state index is -0.746. The highest BCUT2D eigenvalue weighted by Crippen LogP contribution is 2.31. The Hall–Kier alpha value is -2.44. The SMILES string of the molecule is COc1ccc(C=NNC(N)=O)cc1OCc1c(Cl)cccc1Cl. The highest BCUT2D eigenvalue weighted by atomic mass is 35.5. The van der Waals surface area contributed by atoms with Crippen molar-refractivity contribution < 1.29 is 14.3 Å². The molecule has 24 heavy (non-hydrogen) atoms. The van der Waals surface area contributed by atoms with Gasteiger partial charge in [-0.2, -0.15) is 5.10 Å². The van der Waals surface area contributed by atoms with Gasteiger partial charge in [0.2, 0.25) is 0 Å². The van der Waals surface area contributed by atoms with E-state index in [1.807, 2.05) is 0 Å². The second kappa shape index (κ2) is 8.42. The van der Waals surface area contributed by atoms with Crippen LogP contribution in [0.4, 0.5) is 4.79 Å². The van der Waals surface area contributed by atoms with Crippen molar-refractivity contribution in [2.24, 2.45) is 10.8 Å². The van der Waals surface area contributed by atoms with Gasteiger partial charge in [-0.15, -0.1) is 0 Å². The maximum atomic E-state index is 10.6. The van der Waals surface area contributed by atoms with Gasteiger partial charge < -0.3 is 15.2 Å². The number of rotatable bonds is 6. The van der Waals surface area contributed by atoms with Crippen molar-refractivity contribution in [3.05, 3.63) is 57.6 Å². The van der Waals surface area contributed by atoms with Gasteiger partial charge in [-0.05, 0) is 35.9 Å². The summed E-state index contributed by atoms with van der Waals surface area (Å²) in [5.74, 6) is 1.02. The Morgan fingerprint density at radius 3 is 2.58 bits per heavy atom. The third-order valence-corrected chi connectivity index (χ3v) is 3.72. The van der Waals surface area contributed by atoms with Crippen LogP contribution >= 0.6 is 23.2 Å². The second-order valence-corrected chi connectivity index (χ2v) is 5.45. The van der Waals surface area contributed by atoms with Crippen LogP contribution < -0.4 is 20.6 Å². The first-order valence-corrected chi connectivity index (χ1v) is 7.59. The summed E-state index contributed by atoms with van der Waals surface area (Å²) in [7, 11) is 1.53. The number of nitrogens with two attached hydrogens (primary N) is 1. The van der Waals surface area contributed by atoms with Crippen LogP contribution in [0.1, 0.15) is 11.1 Å². The van der Waals surface area contributed by atoms with Crippen LogP contribution in [0.2, 0.25) is 10.0 Å². The Morgan fingerprint density at radius 1 is 1.25 bits per heavy atom.